The number of esters is 1. The van der Waals surface area contributed by atoms with Gasteiger partial charge in [0, 0.05) is 16.7 Å². The molecule has 0 amide bonds. The second kappa shape index (κ2) is 9.87. The first-order valence-corrected chi connectivity index (χ1v) is 11.7. The third kappa shape index (κ3) is 4.38. The number of hydrogen-bond acceptors (Lipinski definition) is 7. The van der Waals surface area contributed by atoms with Crippen molar-refractivity contribution < 1.29 is 19.0 Å². The fourth-order valence-electron chi connectivity index (χ4n) is 3.83. The van der Waals surface area contributed by atoms with E-state index in [9.17, 15) is 9.59 Å². The van der Waals surface area contributed by atoms with E-state index in [1.807, 2.05) is 6.07 Å². The summed E-state index contributed by atoms with van der Waals surface area (Å²) < 4.78 is 18.0. The lowest BCUT2D eigenvalue weighted by atomic mass is 9.96. The van der Waals surface area contributed by atoms with Crippen molar-refractivity contribution in [2.75, 3.05) is 20.8 Å². The van der Waals surface area contributed by atoms with Crippen molar-refractivity contribution in [2.45, 2.75) is 19.9 Å². The lowest BCUT2D eigenvalue weighted by Crippen LogP contribution is -2.39. The highest BCUT2D eigenvalue weighted by Gasteiger charge is 2.33. The molecular weight excluding hydrogens is 476 g/mol. The molecule has 0 spiro atoms. The molecule has 2 heterocycles. The largest absolute Gasteiger partial charge is 0.497 e. The number of rotatable bonds is 6. The van der Waals surface area contributed by atoms with E-state index in [0.717, 1.165) is 11.1 Å². The standard InChI is InChI=1S/C25H23ClN2O5S/c1-5-33-24(30)21-14(2)27-25-28(22(21)15-6-9-17(26)10-7-15)23(29)20(34-25)12-16-8-11-18(31-3)13-19(16)32-4/h6-13,22H,5H2,1-4H3/b20-12-/t22-/m1/s1. The average Bonchev–Trinajstić information content (AvgIpc) is 3.13. The Labute approximate surface area is 205 Å². The minimum absolute atomic E-state index is 0.213. The smallest absolute Gasteiger partial charge is 0.338 e. The van der Waals surface area contributed by atoms with Crippen LogP contribution in [0.4, 0.5) is 0 Å². The fourth-order valence-corrected chi connectivity index (χ4v) is 4.99. The highest BCUT2D eigenvalue weighted by molar-refractivity contribution is 7.07. The number of thiazole rings is 1. The highest BCUT2D eigenvalue weighted by Crippen LogP contribution is 2.31. The van der Waals surface area contributed by atoms with Crippen molar-refractivity contribution in [3.05, 3.63) is 89.6 Å². The van der Waals surface area contributed by atoms with Gasteiger partial charge >= 0.3 is 5.97 Å². The number of hydrogen-bond donors (Lipinski definition) is 0. The molecule has 9 heteroatoms. The van der Waals surface area contributed by atoms with Crippen LogP contribution < -0.4 is 24.4 Å². The molecule has 1 atom stereocenters. The van der Waals surface area contributed by atoms with Crippen molar-refractivity contribution >= 4 is 35.0 Å². The van der Waals surface area contributed by atoms with Gasteiger partial charge in [0.15, 0.2) is 4.80 Å². The molecule has 1 aliphatic rings. The molecule has 0 bridgehead atoms. The molecule has 1 aromatic heterocycles. The Hall–Kier alpha value is -3.36. The van der Waals surface area contributed by atoms with Gasteiger partial charge in [0.2, 0.25) is 0 Å². The predicted octanol–water partition coefficient (Wildman–Crippen LogP) is 3.47. The lowest BCUT2D eigenvalue weighted by molar-refractivity contribution is -0.139. The van der Waals surface area contributed by atoms with Gasteiger partial charge in [0.05, 0.1) is 42.7 Å². The number of halogens is 1. The summed E-state index contributed by atoms with van der Waals surface area (Å²) >= 11 is 7.34. The van der Waals surface area contributed by atoms with Gasteiger partial charge in [-0.25, -0.2) is 9.79 Å². The predicted molar refractivity (Wildman–Crippen MR) is 131 cm³/mol. The molecule has 0 saturated heterocycles. The minimum atomic E-state index is -0.688. The van der Waals surface area contributed by atoms with E-state index in [4.69, 9.17) is 25.8 Å². The van der Waals surface area contributed by atoms with Crippen LogP contribution in [0.2, 0.25) is 5.02 Å². The van der Waals surface area contributed by atoms with Gasteiger partial charge in [-0.05, 0) is 49.8 Å². The first-order valence-electron chi connectivity index (χ1n) is 10.5. The number of carbonyl (C=O) groups excluding carboxylic acids is 1. The number of carbonyl (C=O) groups is 1. The van der Waals surface area contributed by atoms with Gasteiger partial charge in [-0.3, -0.25) is 9.36 Å². The second-order valence-corrected chi connectivity index (χ2v) is 8.91. The van der Waals surface area contributed by atoms with E-state index in [2.05, 4.69) is 4.99 Å². The van der Waals surface area contributed by atoms with Gasteiger partial charge in [-0.1, -0.05) is 35.1 Å². The molecule has 34 heavy (non-hydrogen) atoms. The number of fused-ring (bicyclic) bond motifs is 1. The van der Waals surface area contributed by atoms with Crippen molar-refractivity contribution in [1.29, 1.82) is 0 Å². The summed E-state index contributed by atoms with van der Waals surface area (Å²) in [5.41, 5.74) is 2.02. The minimum Gasteiger partial charge on any atom is -0.497 e. The Morgan fingerprint density at radius 3 is 2.56 bits per heavy atom. The van der Waals surface area contributed by atoms with Crippen LogP contribution in [0.3, 0.4) is 0 Å². The maximum Gasteiger partial charge on any atom is 0.338 e. The van der Waals surface area contributed by atoms with Crippen LogP contribution in [-0.4, -0.2) is 31.4 Å². The van der Waals surface area contributed by atoms with Crippen LogP contribution >= 0.6 is 22.9 Å². The Morgan fingerprint density at radius 1 is 1.18 bits per heavy atom. The number of allylic oxidation sites excluding steroid dienone is 1. The summed E-state index contributed by atoms with van der Waals surface area (Å²) in [7, 11) is 3.13. The molecule has 0 fully saturated rings. The molecule has 7 nitrogen and oxygen atoms in total. The summed E-state index contributed by atoms with van der Waals surface area (Å²) in [4.78, 5) is 31.6. The summed E-state index contributed by atoms with van der Waals surface area (Å²) in [5.74, 6) is 0.713. The number of ether oxygens (including phenoxy) is 3. The Bertz CT molecular complexity index is 1450. The Kier molecular flexibility index (Phi) is 6.90. The zero-order chi connectivity index (χ0) is 24.4. The fraction of sp³-hybridized carbons (Fsp3) is 0.240. The lowest BCUT2D eigenvalue weighted by Gasteiger charge is -2.24. The Balaban J connectivity index is 1.94. The molecule has 1 aliphatic heterocycles. The molecule has 0 aliphatic carbocycles. The molecule has 0 radical (unpaired) electrons. The SMILES string of the molecule is CCOC(=O)C1=C(C)N=c2s/c(=C\c3ccc(OC)cc3OC)c(=O)n2[C@@H]1c1ccc(Cl)cc1. The van der Waals surface area contributed by atoms with E-state index in [-0.39, 0.29) is 12.2 Å². The van der Waals surface area contributed by atoms with Crippen LogP contribution in [-0.2, 0) is 9.53 Å². The maximum atomic E-state index is 13.6. The number of benzene rings is 2. The first kappa shape index (κ1) is 23.8. The number of methoxy groups -OCH3 is 2. The van der Waals surface area contributed by atoms with Crippen molar-refractivity contribution in [3.63, 3.8) is 0 Å². The quantitative estimate of drug-likeness (QED) is 0.486. The molecule has 2 aromatic carbocycles. The van der Waals surface area contributed by atoms with E-state index in [1.165, 1.54) is 15.9 Å². The normalized spacial score (nSPS) is 15.6. The zero-order valence-electron chi connectivity index (χ0n) is 19.1. The molecule has 3 aromatic rings. The molecule has 4 rings (SSSR count). The van der Waals surface area contributed by atoms with Crippen LogP contribution in [0.1, 0.15) is 31.0 Å². The molecule has 176 valence electrons. The molecule has 0 saturated carbocycles. The highest BCUT2D eigenvalue weighted by atomic mass is 35.5. The second-order valence-electron chi connectivity index (χ2n) is 7.46. The molecule has 0 unspecified atom stereocenters. The van der Waals surface area contributed by atoms with E-state index < -0.39 is 12.0 Å². The van der Waals surface area contributed by atoms with Gasteiger partial charge in [-0.15, -0.1) is 0 Å². The monoisotopic (exact) mass is 498 g/mol. The molecule has 0 N–H and O–H groups in total. The third-order valence-electron chi connectivity index (χ3n) is 5.43. The van der Waals surface area contributed by atoms with Crippen LogP contribution in [0.5, 0.6) is 11.5 Å². The van der Waals surface area contributed by atoms with Crippen molar-refractivity contribution in [3.8, 4) is 11.5 Å². The molecular formula is C25H23ClN2O5S. The maximum absolute atomic E-state index is 13.6. The first-order chi connectivity index (χ1) is 16.4. The zero-order valence-corrected chi connectivity index (χ0v) is 20.7. The van der Waals surface area contributed by atoms with Gasteiger partial charge in [0.25, 0.3) is 5.56 Å². The van der Waals surface area contributed by atoms with Crippen molar-refractivity contribution in [2.24, 2.45) is 4.99 Å². The van der Waals surface area contributed by atoms with Crippen LogP contribution in [0.15, 0.2) is 63.5 Å². The van der Waals surface area contributed by atoms with E-state index >= 15 is 0 Å². The van der Waals surface area contributed by atoms with Crippen molar-refractivity contribution in [1.82, 2.24) is 4.57 Å². The number of nitrogens with zero attached hydrogens (tertiary/aromatic N) is 2. The summed E-state index contributed by atoms with van der Waals surface area (Å²) in [6.45, 7) is 3.70. The van der Waals surface area contributed by atoms with Gasteiger partial charge in [0.1, 0.15) is 11.5 Å². The van der Waals surface area contributed by atoms with Crippen LogP contribution in [0, 0.1) is 0 Å². The number of aromatic nitrogens is 1. The summed E-state index contributed by atoms with van der Waals surface area (Å²) in [6.07, 6.45) is 1.75. The topological polar surface area (TPSA) is 79.1 Å². The Morgan fingerprint density at radius 2 is 1.91 bits per heavy atom. The van der Waals surface area contributed by atoms with Gasteiger partial charge in [-0.2, -0.15) is 0 Å². The third-order valence-corrected chi connectivity index (χ3v) is 6.66. The average molecular weight is 499 g/mol. The van der Waals surface area contributed by atoms with E-state index in [0.29, 0.717) is 37.1 Å². The summed E-state index contributed by atoms with van der Waals surface area (Å²) in [6, 6.07) is 11.7. The van der Waals surface area contributed by atoms with Gasteiger partial charge < -0.3 is 14.2 Å². The summed E-state index contributed by atoms with van der Waals surface area (Å²) in [5, 5.41) is 0.557. The van der Waals surface area contributed by atoms with Crippen LogP contribution in [0.25, 0.3) is 6.08 Å². The van der Waals surface area contributed by atoms with E-state index in [1.54, 1.807) is 70.5 Å².